The lowest BCUT2D eigenvalue weighted by Gasteiger charge is -2.20. The largest absolute Gasteiger partial charge is 0.350 e. The predicted molar refractivity (Wildman–Crippen MR) is 107 cm³/mol. The molecule has 0 radical (unpaired) electrons. The molecule has 1 atom stereocenters. The van der Waals surface area contributed by atoms with Crippen molar-refractivity contribution in [3.05, 3.63) is 60.1 Å². The van der Waals surface area contributed by atoms with Crippen LogP contribution in [0, 0.1) is 5.82 Å². The number of carbonyl (C=O) groups excluding carboxylic acids is 1. The molecule has 0 bridgehead atoms. The van der Waals surface area contributed by atoms with E-state index in [4.69, 9.17) is 0 Å². The number of hydrogen-bond acceptors (Lipinski definition) is 7. The minimum absolute atomic E-state index is 0.0307. The molecular weight excluding hydrogens is 413 g/mol. The molecule has 3 aromatic rings. The molecule has 0 aliphatic heterocycles. The van der Waals surface area contributed by atoms with Crippen LogP contribution in [-0.4, -0.2) is 53.2 Å². The van der Waals surface area contributed by atoms with Gasteiger partial charge in [-0.05, 0) is 19.9 Å². The van der Waals surface area contributed by atoms with Gasteiger partial charge >= 0.3 is 0 Å². The number of aromatic nitrogens is 4. The molecule has 160 valence electrons. The summed E-state index contributed by atoms with van der Waals surface area (Å²) in [7, 11) is -4.03. The van der Waals surface area contributed by atoms with E-state index in [0.29, 0.717) is 5.65 Å². The topological polar surface area (TPSA) is 130 Å². The maximum absolute atomic E-state index is 14.3. The fourth-order valence-corrected chi connectivity index (χ4v) is 4.01. The number of nitrogens with zero attached hydrogens (tertiary/aromatic N) is 4. The highest BCUT2D eigenvalue weighted by atomic mass is 32.2. The molecule has 0 aliphatic rings. The molecule has 3 N–H and O–H groups in total. The van der Waals surface area contributed by atoms with Gasteiger partial charge in [0.25, 0.3) is 5.91 Å². The van der Waals surface area contributed by atoms with Crippen molar-refractivity contribution in [2.75, 3.05) is 13.2 Å². The Labute approximate surface area is 173 Å². The molecule has 0 fully saturated rings. The van der Waals surface area contributed by atoms with Gasteiger partial charge in [-0.3, -0.25) is 9.78 Å². The lowest BCUT2D eigenvalue weighted by atomic mass is 10.2. The molecule has 12 heteroatoms. The zero-order valence-corrected chi connectivity index (χ0v) is 17.2. The number of pyridine rings is 1. The van der Waals surface area contributed by atoms with Crippen LogP contribution in [0.25, 0.3) is 5.65 Å². The Balaban J connectivity index is 1.79. The first-order valence-corrected chi connectivity index (χ1v) is 10.7. The molecule has 1 amide bonds. The van der Waals surface area contributed by atoms with E-state index in [1.54, 1.807) is 6.07 Å². The van der Waals surface area contributed by atoms with Gasteiger partial charge in [0.05, 0.1) is 24.6 Å². The second kappa shape index (κ2) is 9.24. The minimum Gasteiger partial charge on any atom is -0.350 e. The number of halogens is 1. The molecule has 3 rings (SSSR count). The number of fused-ring (bicyclic) bond motifs is 1. The fraction of sp³-hybridized carbons (Fsp3) is 0.333. The molecule has 10 nitrogen and oxygen atoms in total. The number of hydrogen-bond donors (Lipinski definition) is 3. The van der Waals surface area contributed by atoms with Crippen LogP contribution in [-0.2, 0) is 10.0 Å². The Morgan fingerprint density at radius 1 is 1.23 bits per heavy atom. The lowest BCUT2D eigenvalue weighted by Crippen LogP contribution is -2.42. The van der Waals surface area contributed by atoms with Gasteiger partial charge in [-0.15, -0.1) is 0 Å². The summed E-state index contributed by atoms with van der Waals surface area (Å²) in [6.45, 7) is 3.34. The van der Waals surface area contributed by atoms with Crippen LogP contribution < -0.4 is 15.4 Å². The van der Waals surface area contributed by atoms with Crippen molar-refractivity contribution >= 4 is 21.6 Å². The molecule has 1 unspecified atom stereocenters. The first-order valence-electron chi connectivity index (χ1n) is 9.17. The zero-order valence-electron chi connectivity index (χ0n) is 16.4. The van der Waals surface area contributed by atoms with E-state index >= 15 is 0 Å². The number of nitrogens with one attached hydrogen (secondary N) is 3. The Hall–Kier alpha value is -2.96. The van der Waals surface area contributed by atoms with Crippen LogP contribution >= 0.6 is 0 Å². The molecule has 30 heavy (non-hydrogen) atoms. The summed E-state index contributed by atoms with van der Waals surface area (Å²) in [6, 6.07) is 3.00. The summed E-state index contributed by atoms with van der Waals surface area (Å²) in [5, 5.41) is 8.11. The zero-order chi connectivity index (χ0) is 21.7. The highest BCUT2D eigenvalue weighted by Crippen LogP contribution is 2.23. The average Bonchev–Trinajstić information content (AvgIpc) is 3.16. The van der Waals surface area contributed by atoms with E-state index in [1.165, 1.54) is 35.4 Å². The molecule has 3 heterocycles. The number of sulfonamides is 1. The third-order valence-corrected chi connectivity index (χ3v) is 5.98. The van der Waals surface area contributed by atoms with Crippen LogP contribution in [0.15, 0.2) is 43.1 Å². The Bertz CT molecular complexity index is 1130. The summed E-state index contributed by atoms with van der Waals surface area (Å²) in [4.78, 5) is 20.3. The monoisotopic (exact) mass is 435 g/mol. The van der Waals surface area contributed by atoms with E-state index in [2.05, 4.69) is 30.4 Å². The minimum atomic E-state index is -4.03. The van der Waals surface area contributed by atoms with Gasteiger partial charge in [-0.25, -0.2) is 27.0 Å². The van der Waals surface area contributed by atoms with Crippen molar-refractivity contribution in [2.45, 2.75) is 25.1 Å². The molecule has 0 aromatic carbocycles. The summed E-state index contributed by atoms with van der Waals surface area (Å²) in [5.41, 5.74) is 0.655. The molecule has 0 aliphatic carbocycles. The average molecular weight is 435 g/mol. The van der Waals surface area contributed by atoms with Crippen LogP contribution in [0.1, 0.15) is 35.0 Å². The summed E-state index contributed by atoms with van der Waals surface area (Å²) in [6.07, 6.45) is 6.59. The summed E-state index contributed by atoms with van der Waals surface area (Å²) in [5.74, 6) is -1.34. The second-order valence-corrected chi connectivity index (χ2v) is 8.75. The predicted octanol–water partition coefficient (Wildman–Crippen LogP) is 0.609. The summed E-state index contributed by atoms with van der Waals surface area (Å²) < 4.78 is 43.8. The van der Waals surface area contributed by atoms with Crippen LogP contribution in [0.3, 0.4) is 0 Å². The quantitative estimate of drug-likeness (QED) is 0.420. The van der Waals surface area contributed by atoms with Crippen molar-refractivity contribution in [3.63, 3.8) is 0 Å². The van der Waals surface area contributed by atoms with E-state index in [0.717, 1.165) is 6.20 Å². The third-order valence-electron chi connectivity index (χ3n) is 4.27. The number of carbonyl (C=O) groups is 1. The van der Waals surface area contributed by atoms with E-state index in [1.807, 2.05) is 13.8 Å². The van der Waals surface area contributed by atoms with Crippen molar-refractivity contribution in [2.24, 2.45) is 0 Å². The Morgan fingerprint density at radius 3 is 2.77 bits per heavy atom. The Morgan fingerprint density at radius 2 is 2.03 bits per heavy atom. The van der Waals surface area contributed by atoms with Gasteiger partial charge in [-0.2, -0.15) is 5.10 Å². The molecule has 0 saturated carbocycles. The van der Waals surface area contributed by atoms with E-state index in [-0.39, 0.29) is 30.4 Å². The van der Waals surface area contributed by atoms with Gasteiger partial charge in [0.1, 0.15) is 11.1 Å². The molecule has 3 aromatic heterocycles. The highest BCUT2D eigenvalue weighted by molar-refractivity contribution is 7.89. The molecule has 0 spiro atoms. The van der Waals surface area contributed by atoms with Crippen LogP contribution in [0.5, 0.6) is 0 Å². The standard InChI is InChI=1S/C18H22FN7O3S/c1-12(2)23-11-25-30(28,29)16(14-3-5-20-8-15(14)19)9-22-18(27)13-7-21-17-4-6-24-26(17)10-13/h3-8,10,12,16,23,25H,9,11H2,1-2H3,(H,22,27). The third kappa shape index (κ3) is 5.14. The SMILES string of the molecule is CC(C)NCNS(=O)(=O)C(CNC(=O)c1cnc2ccnn2c1)c1ccncc1F. The van der Waals surface area contributed by atoms with Gasteiger partial charge in [0, 0.05) is 42.8 Å². The van der Waals surface area contributed by atoms with Gasteiger partial charge in [0.2, 0.25) is 10.0 Å². The van der Waals surface area contributed by atoms with Crippen molar-refractivity contribution < 1.29 is 17.6 Å². The maximum atomic E-state index is 14.3. The first kappa shape index (κ1) is 21.7. The van der Waals surface area contributed by atoms with Gasteiger partial charge in [0.15, 0.2) is 5.65 Å². The molecule has 0 saturated heterocycles. The second-order valence-electron chi connectivity index (χ2n) is 6.80. The highest BCUT2D eigenvalue weighted by Gasteiger charge is 2.30. The molecular formula is C18H22FN7O3S. The van der Waals surface area contributed by atoms with E-state index < -0.39 is 27.0 Å². The maximum Gasteiger partial charge on any atom is 0.254 e. The van der Waals surface area contributed by atoms with Gasteiger partial charge < -0.3 is 10.6 Å². The number of amides is 1. The fourth-order valence-electron chi connectivity index (χ4n) is 2.70. The van der Waals surface area contributed by atoms with Crippen LogP contribution in [0.4, 0.5) is 4.39 Å². The first-order chi connectivity index (χ1) is 14.3. The van der Waals surface area contributed by atoms with Crippen molar-refractivity contribution in [1.82, 2.24) is 34.9 Å². The van der Waals surface area contributed by atoms with Crippen molar-refractivity contribution in [3.8, 4) is 0 Å². The summed E-state index contributed by atoms with van der Waals surface area (Å²) >= 11 is 0. The Kier molecular flexibility index (Phi) is 6.70. The number of rotatable bonds is 9. The lowest BCUT2D eigenvalue weighted by molar-refractivity contribution is 0.0952. The smallest absolute Gasteiger partial charge is 0.254 e. The van der Waals surface area contributed by atoms with E-state index in [9.17, 15) is 17.6 Å². The van der Waals surface area contributed by atoms with Crippen molar-refractivity contribution in [1.29, 1.82) is 0 Å². The normalized spacial score (nSPS) is 12.9. The van der Waals surface area contributed by atoms with Crippen LogP contribution in [0.2, 0.25) is 0 Å². The van der Waals surface area contributed by atoms with Gasteiger partial charge in [-0.1, -0.05) is 0 Å².